The van der Waals surface area contributed by atoms with Crippen LogP contribution in [0.5, 0.6) is 0 Å². The van der Waals surface area contributed by atoms with Gasteiger partial charge in [0.2, 0.25) is 5.91 Å². The first-order valence-corrected chi connectivity index (χ1v) is 6.83. The monoisotopic (exact) mass is 253 g/mol. The normalized spacial score (nSPS) is 38.3. The first-order chi connectivity index (χ1) is 8.28. The van der Waals surface area contributed by atoms with Crippen molar-refractivity contribution in [1.82, 2.24) is 4.90 Å². The summed E-state index contributed by atoms with van der Waals surface area (Å²) in [7, 11) is 0. The Morgan fingerprint density at radius 2 is 1.61 bits per heavy atom. The molecule has 1 saturated carbocycles. The maximum absolute atomic E-state index is 12.6. The third-order valence-corrected chi connectivity index (χ3v) is 4.81. The molecular formula is C14H23NO3. The quantitative estimate of drug-likeness (QED) is 0.820. The zero-order valence-corrected chi connectivity index (χ0v) is 11.6. The zero-order chi connectivity index (χ0) is 13.7. The first-order valence-electron chi connectivity index (χ1n) is 6.83. The van der Waals surface area contributed by atoms with E-state index >= 15 is 0 Å². The molecule has 2 rings (SSSR count). The molecule has 4 atom stereocenters. The van der Waals surface area contributed by atoms with Crippen molar-refractivity contribution in [3.63, 3.8) is 0 Å². The third-order valence-electron chi connectivity index (χ3n) is 4.81. The van der Waals surface area contributed by atoms with E-state index in [1.807, 2.05) is 18.7 Å². The number of piperidine rings is 1. The summed E-state index contributed by atoms with van der Waals surface area (Å²) in [6.07, 6.45) is 3.21. The fourth-order valence-corrected chi connectivity index (χ4v) is 3.58. The predicted molar refractivity (Wildman–Crippen MR) is 68.0 cm³/mol. The Morgan fingerprint density at radius 3 is 2.00 bits per heavy atom. The maximum Gasteiger partial charge on any atom is 0.307 e. The van der Waals surface area contributed by atoms with Crippen LogP contribution in [0.1, 0.15) is 47.0 Å². The van der Waals surface area contributed by atoms with E-state index in [9.17, 15) is 9.59 Å². The average molecular weight is 253 g/mol. The summed E-state index contributed by atoms with van der Waals surface area (Å²) < 4.78 is 0. The third kappa shape index (κ3) is 1.91. The number of likely N-dealkylation sites (tertiary alicyclic amines) is 1. The van der Waals surface area contributed by atoms with Gasteiger partial charge in [-0.1, -0.05) is 13.8 Å². The lowest BCUT2D eigenvalue weighted by Crippen LogP contribution is -2.48. The van der Waals surface area contributed by atoms with Gasteiger partial charge in [-0.15, -0.1) is 0 Å². The van der Waals surface area contributed by atoms with Crippen LogP contribution in [0.4, 0.5) is 0 Å². The number of nitrogens with zero attached hydrogens (tertiary/aromatic N) is 1. The number of amides is 1. The molecule has 102 valence electrons. The van der Waals surface area contributed by atoms with Crippen LogP contribution in [0.3, 0.4) is 0 Å². The Hall–Kier alpha value is -1.06. The highest BCUT2D eigenvalue weighted by atomic mass is 16.4. The topological polar surface area (TPSA) is 57.6 Å². The summed E-state index contributed by atoms with van der Waals surface area (Å²) >= 11 is 0. The highest BCUT2D eigenvalue weighted by molar-refractivity contribution is 5.92. The minimum atomic E-state index is -0.837. The van der Waals surface area contributed by atoms with Gasteiger partial charge in [-0.3, -0.25) is 9.59 Å². The van der Waals surface area contributed by atoms with Crippen LogP contribution >= 0.6 is 0 Å². The highest BCUT2D eigenvalue weighted by Gasteiger charge is 2.67. The van der Waals surface area contributed by atoms with Gasteiger partial charge in [0.25, 0.3) is 0 Å². The second-order valence-corrected chi connectivity index (χ2v) is 6.49. The number of carbonyl (C=O) groups excluding carboxylic acids is 1. The van der Waals surface area contributed by atoms with Crippen molar-refractivity contribution in [3.8, 4) is 0 Å². The molecule has 0 aromatic rings. The summed E-state index contributed by atoms with van der Waals surface area (Å²) in [5.74, 6) is -1.63. The fourth-order valence-electron chi connectivity index (χ4n) is 3.58. The van der Waals surface area contributed by atoms with Gasteiger partial charge in [0.15, 0.2) is 0 Å². The molecule has 2 aliphatic rings. The molecule has 4 heteroatoms. The summed E-state index contributed by atoms with van der Waals surface area (Å²) in [5, 5.41) is 9.17. The van der Waals surface area contributed by atoms with E-state index in [0.717, 1.165) is 19.3 Å². The zero-order valence-electron chi connectivity index (χ0n) is 11.6. The minimum absolute atomic E-state index is 0.0482. The molecule has 0 aromatic heterocycles. The molecule has 1 aliphatic carbocycles. The van der Waals surface area contributed by atoms with Crippen molar-refractivity contribution in [2.24, 2.45) is 17.3 Å². The average Bonchev–Trinajstić information content (AvgIpc) is 2.81. The SMILES string of the molecule is C[C@@H]1CCC[C@H](C)N1C(=O)C1C(C(=O)O)C1(C)C. The molecule has 1 heterocycles. The van der Waals surface area contributed by atoms with Crippen LogP contribution < -0.4 is 0 Å². The van der Waals surface area contributed by atoms with Crippen LogP contribution in [0.2, 0.25) is 0 Å². The Balaban J connectivity index is 2.15. The van der Waals surface area contributed by atoms with Gasteiger partial charge < -0.3 is 10.0 Å². The molecule has 2 unspecified atom stereocenters. The van der Waals surface area contributed by atoms with Crippen LogP contribution in [0.25, 0.3) is 0 Å². The lowest BCUT2D eigenvalue weighted by molar-refractivity contribution is -0.144. The van der Waals surface area contributed by atoms with E-state index in [2.05, 4.69) is 13.8 Å². The predicted octanol–water partition coefficient (Wildman–Crippen LogP) is 2.13. The summed E-state index contributed by atoms with van der Waals surface area (Å²) in [5.41, 5.74) is -0.389. The Bertz CT molecular complexity index is 367. The van der Waals surface area contributed by atoms with Crippen LogP contribution in [-0.2, 0) is 9.59 Å². The molecule has 0 bridgehead atoms. The van der Waals surface area contributed by atoms with Crippen LogP contribution in [-0.4, -0.2) is 34.0 Å². The number of carbonyl (C=O) groups is 2. The number of carboxylic acid groups (broad SMARTS) is 1. The van der Waals surface area contributed by atoms with Crippen molar-refractivity contribution >= 4 is 11.9 Å². The summed E-state index contributed by atoms with van der Waals surface area (Å²) in [6.45, 7) is 7.90. The summed E-state index contributed by atoms with van der Waals surface area (Å²) in [4.78, 5) is 25.7. The molecule has 1 aliphatic heterocycles. The summed E-state index contributed by atoms with van der Waals surface area (Å²) in [6, 6.07) is 0.485. The number of aliphatic carboxylic acids is 1. The van der Waals surface area contributed by atoms with E-state index in [4.69, 9.17) is 5.11 Å². The molecule has 4 nitrogen and oxygen atoms in total. The van der Waals surface area contributed by atoms with E-state index in [1.165, 1.54) is 0 Å². The molecule has 0 radical (unpaired) electrons. The molecule has 18 heavy (non-hydrogen) atoms. The van der Waals surface area contributed by atoms with E-state index in [1.54, 1.807) is 0 Å². The van der Waals surface area contributed by atoms with Crippen molar-refractivity contribution in [2.75, 3.05) is 0 Å². The van der Waals surface area contributed by atoms with Crippen LogP contribution in [0, 0.1) is 17.3 Å². The first kappa shape index (κ1) is 13.4. The molecule has 0 aromatic carbocycles. The van der Waals surface area contributed by atoms with Gasteiger partial charge in [-0.2, -0.15) is 0 Å². The van der Waals surface area contributed by atoms with Gasteiger partial charge in [-0.05, 0) is 38.5 Å². The highest BCUT2D eigenvalue weighted by Crippen LogP contribution is 2.59. The van der Waals surface area contributed by atoms with Gasteiger partial charge >= 0.3 is 5.97 Å². The van der Waals surface area contributed by atoms with E-state index in [0.29, 0.717) is 0 Å². The van der Waals surface area contributed by atoms with Crippen molar-refractivity contribution in [3.05, 3.63) is 0 Å². The van der Waals surface area contributed by atoms with Crippen LogP contribution in [0.15, 0.2) is 0 Å². The Kier molecular flexibility index (Phi) is 3.16. The van der Waals surface area contributed by atoms with E-state index < -0.39 is 11.9 Å². The minimum Gasteiger partial charge on any atom is -0.481 e. The molecular weight excluding hydrogens is 230 g/mol. The molecule has 0 spiro atoms. The molecule has 1 N–H and O–H groups in total. The second-order valence-electron chi connectivity index (χ2n) is 6.49. The number of rotatable bonds is 2. The van der Waals surface area contributed by atoms with Gasteiger partial charge in [-0.25, -0.2) is 0 Å². The Morgan fingerprint density at radius 1 is 1.11 bits per heavy atom. The molecule has 1 saturated heterocycles. The van der Waals surface area contributed by atoms with Crippen molar-refractivity contribution in [2.45, 2.75) is 59.0 Å². The second kappa shape index (κ2) is 4.25. The fraction of sp³-hybridized carbons (Fsp3) is 0.857. The van der Waals surface area contributed by atoms with Crippen molar-refractivity contribution < 1.29 is 14.7 Å². The van der Waals surface area contributed by atoms with Gasteiger partial charge in [0.1, 0.15) is 0 Å². The molecule has 2 fully saturated rings. The van der Waals surface area contributed by atoms with Crippen molar-refractivity contribution in [1.29, 1.82) is 0 Å². The van der Waals surface area contributed by atoms with E-state index in [-0.39, 0.29) is 29.3 Å². The number of hydrogen-bond acceptors (Lipinski definition) is 2. The van der Waals surface area contributed by atoms with Gasteiger partial charge in [0.05, 0.1) is 11.8 Å². The smallest absolute Gasteiger partial charge is 0.307 e. The maximum atomic E-state index is 12.6. The number of carboxylic acids is 1. The Labute approximate surface area is 108 Å². The lowest BCUT2D eigenvalue weighted by atomic mass is 9.96. The molecule has 1 amide bonds. The number of hydrogen-bond donors (Lipinski definition) is 1. The largest absolute Gasteiger partial charge is 0.481 e. The van der Waals surface area contributed by atoms with Gasteiger partial charge in [0, 0.05) is 12.1 Å². The standard InChI is InChI=1S/C14H23NO3/c1-8-6-5-7-9(2)15(8)12(16)10-11(13(17)18)14(10,3)4/h8-11H,5-7H2,1-4H3,(H,17,18)/t8-,9+,10?,11?. The lowest BCUT2D eigenvalue weighted by Gasteiger charge is -2.39.